The summed E-state index contributed by atoms with van der Waals surface area (Å²) in [6.45, 7) is 1.27. The molecule has 0 unspecified atom stereocenters. The Bertz CT molecular complexity index is 837. The van der Waals surface area contributed by atoms with Crippen molar-refractivity contribution >= 4 is 15.9 Å². The topological polar surface area (TPSA) is 66.5 Å². The van der Waals surface area contributed by atoms with Gasteiger partial charge in [0, 0.05) is 24.2 Å². The molecular formula is C23H32N2O3S. The maximum Gasteiger partial charge on any atom is 0.251 e. The molecule has 1 aromatic rings. The third-order valence-corrected chi connectivity index (χ3v) is 9.54. The largest absolute Gasteiger partial charge is 0.347 e. The van der Waals surface area contributed by atoms with Gasteiger partial charge in [0.15, 0.2) is 0 Å². The zero-order valence-corrected chi connectivity index (χ0v) is 17.9. The molecule has 29 heavy (non-hydrogen) atoms. The van der Waals surface area contributed by atoms with E-state index in [0.717, 1.165) is 61.8 Å². The van der Waals surface area contributed by atoms with E-state index in [2.05, 4.69) is 5.32 Å². The van der Waals surface area contributed by atoms with Gasteiger partial charge in [-0.05, 0) is 86.8 Å². The molecule has 0 aromatic heterocycles. The summed E-state index contributed by atoms with van der Waals surface area (Å²) in [5.74, 6) is 2.40. The van der Waals surface area contributed by atoms with Gasteiger partial charge < -0.3 is 5.32 Å². The molecule has 1 aromatic carbocycles. The van der Waals surface area contributed by atoms with E-state index in [0.29, 0.717) is 18.7 Å². The fourth-order valence-corrected chi connectivity index (χ4v) is 8.38. The molecule has 4 bridgehead atoms. The van der Waals surface area contributed by atoms with Crippen LogP contribution in [-0.4, -0.2) is 37.3 Å². The Labute approximate surface area is 174 Å². The Morgan fingerprint density at radius 1 is 0.931 bits per heavy atom. The molecule has 1 amide bonds. The van der Waals surface area contributed by atoms with Crippen LogP contribution >= 0.6 is 0 Å². The van der Waals surface area contributed by atoms with Crippen molar-refractivity contribution in [1.82, 2.24) is 9.62 Å². The standard InChI is InChI=1S/C23H32N2O3S/c26-22(24-23-13-18-10-19(14-23)12-20(11-18)15-23)21-6-4-17(5-7-21)16-29(27,28)25-8-2-1-3-9-25/h4-7,18-20H,1-3,8-16H2,(H,24,26). The second-order valence-electron chi connectivity index (χ2n) is 10.1. The highest BCUT2D eigenvalue weighted by Crippen LogP contribution is 2.55. The molecule has 0 atom stereocenters. The van der Waals surface area contributed by atoms with Crippen LogP contribution in [0.4, 0.5) is 0 Å². The molecule has 1 saturated heterocycles. The molecular weight excluding hydrogens is 384 g/mol. The van der Waals surface area contributed by atoms with Gasteiger partial charge in [-0.2, -0.15) is 0 Å². The van der Waals surface area contributed by atoms with Crippen molar-refractivity contribution in [3.63, 3.8) is 0 Å². The molecule has 1 heterocycles. The van der Waals surface area contributed by atoms with Crippen molar-refractivity contribution in [2.75, 3.05) is 13.1 Å². The van der Waals surface area contributed by atoms with Crippen molar-refractivity contribution < 1.29 is 13.2 Å². The molecule has 0 spiro atoms. The van der Waals surface area contributed by atoms with Crippen LogP contribution in [0.2, 0.25) is 0 Å². The summed E-state index contributed by atoms with van der Waals surface area (Å²) in [7, 11) is -3.27. The predicted octanol–water partition coefficient (Wildman–Crippen LogP) is 3.70. The number of hydrogen-bond donors (Lipinski definition) is 1. The first-order valence-corrected chi connectivity index (χ1v) is 12.9. The molecule has 4 aliphatic carbocycles. The average Bonchev–Trinajstić information content (AvgIpc) is 2.67. The van der Waals surface area contributed by atoms with Gasteiger partial charge in [0.1, 0.15) is 0 Å². The molecule has 5 fully saturated rings. The van der Waals surface area contributed by atoms with Gasteiger partial charge in [-0.15, -0.1) is 0 Å². The van der Waals surface area contributed by atoms with Crippen molar-refractivity contribution in [3.8, 4) is 0 Å². The van der Waals surface area contributed by atoms with E-state index < -0.39 is 10.0 Å². The van der Waals surface area contributed by atoms with E-state index in [4.69, 9.17) is 0 Å². The predicted molar refractivity (Wildman–Crippen MR) is 113 cm³/mol. The normalized spacial score (nSPS) is 34.3. The quantitative estimate of drug-likeness (QED) is 0.796. The van der Waals surface area contributed by atoms with Crippen LogP contribution in [0.5, 0.6) is 0 Å². The van der Waals surface area contributed by atoms with Crippen LogP contribution < -0.4 is 5.32 Å². The first kappa shape index (κ1) is 19.6. The van der Waals surface area contributed by atoms with Gasteiger partial charge in [-0.3, -0.25) is 4.79 Å². The molecule has 1 N–H and O–H groups in total. The Kier molecular flexibility index (Phi) is 4.98. The number of nitrogens with one attached hydrogen (secondary N) is 1. The molecule has 4 saturated carbocycles. The van der Waals surface area contributed by atoms with Crippen LogP contribution in [-0.2, 0) is 15.8 Å². The fraction of sp³-hybridized carbons (Fsp3) is 0.696. The van der Waals surface area contributed by atoms with Gasteiger partial charge in [-0.1, -0.05) is 18.6 Å². The lowest BCUT2D eigenvalue weighted by atomic mass is 9.53. The summed E-state index contributed by atoms with van der Waals surface area (Å²) in [6.07, 6.45) is 10.5. The highest BCUT2D eigenvalue weighted by atomic mass is 32.2. The number of rotatable bonds is 5. The third-order valence-electron chi connectivity index (χ3n) is 7.69. The van der Waals surface area contributed by atoms with Crippen LogP contribution in [0, 0.1) is 17.8 Å². The first-order chi connectivity index (χ1) is 13.9. The highest BCUT2D eigenvalue weighted by Gasteiger charge is 2.51. The Balaban J connectivity index is 1.24. The van der Waals surface area contributed by atoms with Crippen molar-refractivity contribution in [2.24, 2.45) is 17.8 Å². The molecule has 6 rings (SSSR count). The van der Waals surface area contributed by atoms with Crippen molar-refractivity contribution in [3.05, 3.63) is 35.4 Å². The maximum absolute atomic E-state index is 12.9. The minimum atomic E-state index is -3.27. The molecule has 5 aliphatic rings. The Morgan fingerprint density at radius 2 is 1.48 bits per heavy atom. The molecule has 0 radical (unpaired) electrons. The van der Waals surface area contributed by atoms with Gasteiger partial charge in [0.25, 0.3) is 5.91 Å². The summed E-state index contributed by atoms with van der Waals surface area (Å²) in [5, 5.41) is 3.39. The van der Waals surface area contributed by atoms with Crippen molar-refractivity contribution in [2.45, 2.75) is 69.1 Å². The van der Waals surface area contributed by atoms with E-state index in [1.807, 2.05) is 0 Å². The highest BCUT2D eigenvalue weighted by molar-refractivity contribution is 7.88. The minimum Gasteiger partial charge on any atom is -0.347 e. The van der Waals surface area contributed by atoms with E-state index in [1.165, 1.54) is 19.3 Å². The lowest BCUT2D eigenvalue weighted by molar-refractivity contribution is -0.0167. The monoisotopic (exact) mass is 416 g/mol. The van der Waals surface area contributed by atoms with E-state index >= 15 is 0 Å². The second kappa shape index (κ2) is 7.38. The lowest BCUT2D eigenvalue weighted by Gasteiger charge is -2.56. The van der Waals surface area contributed by atoms with E-state index in [9.17, 15) is 13.2 Å². The average molecular weight is 417 g/mol. The van der Waals surface area contributed by atoms with E-state index in [1.54, 1.807) is 28.6 Å². The Morgan fingerprint density at radius 3 is 2.03 bits per heavy atom. The van der Waals surface area contributed by atoms with Crippen LogP contribution in [0.3, 0.4) is 0 Å². The third kappa shape index (κ3) is 3.98. The molecule has 6 heteroatoms. The fourth-order valence-electron chi connectivity index (χ4n) is 6.77. The van der Waals surface area contributed by atoms with Crippen LogP contribution in [0.15, 0.2) is 24.3 Å². The number of hydrogen-bond acceptors (Lipinski definition) is 3. The Hall–Kier alpha value is -1.40. The van der Waals surface area contributed by atoms with E-state index in [-0.39, 0.29) is 17.2 Å². The molecule has 5 nitrogen and oxygen atoms in total. The van der Waals surface area contributed by atoms with Crippen LogP contribution in [0.1, 0.15) is 73.7 Å². The summed E-state index contributed by atoms with van der Waals surface area (Å²) in [6, 6.07) is 7.18. The zero-order valence-electron chi connectivity index (χ0n) is 17.1. The molecule has 158 valence electrons. The SMILES string of the molecule is O=C(NC12CC3CC(CC(C3)C1)C2)c1ccc(CS(=O)(=O)N2CCCCC2)cc1. The zero-order chi connectivity index (χ0) is 20.1. The summed E-state index contributed by atoms with van der Waals surface area (Å²) in [5.41, 5.74) is 1.39. The van der Waals surface area contributed by atoms with Crippen molar-refractivity contribution in [1.29, 1.82) is 0 Å². The number of amides is 1. The second-order valence-corrected chi connectivity index (χ2v) is 12.0. The number of benzene rings is 1. The first-order valence-electron chi connectivity index (χ1n) is 11.3. The lowest BCUT2D eigenvalue weighted by Crippen LogP contribution is -2.59. The number of piperidine rings is 1. The maximum atomic E-state index is 12.9. The van der Waals surface area contributed by atoms with Gasteiger partial charge in [-0.25, -0.2) is 12.7 Å². The van der Waals surface area contributed by atoms with Gasteiger partial charge in [0.2, 0.25) is 10.0 Å². The number of nitrogens with zero attached hydrogens (tertiary/aromatic N) is 1. The van der Waals surface area contributed by atoms with Gasteiger partial charge in [0.05, 0.1) is 5.75 Å². The smallest absolute Gasteiger partial charge is 0.251 e. The number of carbonyl (C=O) groups is 1. The summed E-state index contributed by atoms with van der Waals surface area (Å²) in [4.78, 5) is 12.9. The summed E-state index contributed by atoms with van der Waals surface area (Å²) >= 11 is 0. The summed E-state index contributed by atoms with van der Waals surface area (Å²) < 4.78 is 26.9. The minimum absolute atomic E-state index is 0.00209. The number of sulfonamides is 1. The van der Waals surface area contributed by atoms with Gasteiger partial charge >= 0.3 is 0 Å². The number of carbonyl (C=O) groups excluding carboxylic acids is 1. The van der Waals surface area contributed by atoms with Crippen LogP contribution in [0.25, 0.3) is 0 Å². The molecule has 1 aliphatic heterocycles.